The highest BCUT2D eigenvalue weighted by molar-refractivity contribution is 6.42. The van der Waals surface area contributed by atoms with Gasteiger partial charge in [-0.1, -0.05) is 35.4 Å². The van der Waals surface area contributed by atoms with E-state index in [0.717, 1.165) is 30.4 Å². The zero-order valence-corrected chi connectivity index (χ0v) is 13.0. The van der Waals surface area contributed by atoms with E-state index in [1.54, 1.807) is 12.4 Å². The van der Waals surface area contributed by atoms with E-state index in [0.29, 0.717) is 16.6 Å². The molecule has 2 atom stereocenters. The zero-order valence-electron chi connectivity index (χ0n) is 11.5. The highest BCUT2D eigenvalue weighted by atomic mass is 35.5. The van der Waals surface area contributed by atoms with Crippen LogP contribution in [0.3, 0.4) is 0 Å². The fourth-order valence-electron chi connectivity index (χ4n) is 2.61. The molecule has 0 radical (unpaired) electrons. The third-order valence-corrected chi connectivity index (χ3v) is 4.50. The quantitative estimate of drug-likeness (QED) is 0.853. The van der Waals surface area contributed by atoms with Crippen LogP contribution in [0.25, 0.3) is 11.0 Å². The van der Waals surface area contributed by atoms with Crippen molar-refractivity contribution in [1.29, 1.82) is 0 Å². The number of rotatable bonds is 3. The second kappa shape index (κ2) is 6.36. The number of piperidine rings is 1. The summed E-state index contributed by atoms with van der Waals surface area (Å²) in [5.74, 6) is 0. The molecule has 1 fully saturated rings. The number of nitrogens with zero attached hydrogens (tertiary/aromatic N) is 2. The van der Waals surface area contributed by atoms with Crippen LogP contribution in [0.4, 0.5) is 0 Å². The maximum atomic E-state index is 9.90. The summed E-state index contributed by atoms with van der Waals surface area (Å²) in [7, 11) is 0. The smallest absolute Gasteiger partial charge is 0.0961 e. The molecule has 1 saturated heterocycles. The highest BCUT2D eigenvalue weighted by Gasteiger charge is 2.19. The van der Waals surface area contributed by atoms with Crippen LogP contribution in [0.1, 0.15) is 12.8 Å². The predicted octanol–water partition coefficient (Wildman–Crippen LogP) is 3.01. The number of benzene rings is 1. The molecule has 0 unspecified atom stereocenters. The molecular formula is C15H17Cl2N3O. The van der Waals surface area contributed by atoms with Gasteiger partial charge >= 0.3 is 0 Å². The van der Waals surface area contributed by atoms with E-state index >= 15 is 0 Å². The van der Waals surface area contributed by atoms with Gasteiger partial charge in [0.1, 0.15) is 0 Å². The Labute approximate surface area is 133 Å². The Hall–Kier alpha value is -1.07. The zero-order chi connectivity index (χ0) is 14.8. The van der Waals surface area contributed by atoms with Crippen LogP contribution in [-0.4, -0.2) is 33.3 Å². The van der Waals surface area contributed by atoms with Crippen LogP contribution in [0, 0.1) is 0 Å². The molecule has 1 aliphatic rings. The van der Waals surface area contributed by atoms with Gasteiger partial charge in [0.15, 0.2) is 0 Å². The second-order valence-corrected chi connectivity index (χ2v) is 6.08. The Morgan fingerprint density at radius 1 is 1.38 bits per heavy atom. The van der Waals surface area contributed by atoms with E-state index in [1.807, 2.05) is 22.8 Å². The summed E-state index contributed by atoms with van der Waals surface area (Å²) in [5.41, 5.74) is 1.78. The maximum absolute atomic E-state index is 9.90. The number of aliphatic hydroxyl groups is 1. The fraction of sp³-hybridized carbons (Fsp3) is 0.400. The number of hydrogen-bond acceptors (Lipinski definition) is 3. The first-order valence-electron chi connectivity index (χ1n) is 7.03. The van der Waals surface area contributed by atoms with Crippen molar-refractivity contribution < 1.29 is 5.11 Å². The van der Waals surface area contributed by atoms with Gasteiger partial charge in [0, 0.05) is 6.54 Å². The first-order chi connectivity index (χ1) is 10.1. The number of nitrogens with one attached hydrogen (secondary N) is 1. The summed E-state index contributed by atoms with van der Waals surface area (Å²) < 4.78 is 2.00. The minimum Gasteiger partial charge on any atom is -0.391 e. The van der Waals surface area contributed by atoms with Crippen molar-refractivity contribution in [3.05, 3.63) is 40.7 Å². The number of aliphatic hydroxyl groups excluding tert-OH is 1. The third kappa shape index (κ3) is 3.24. The van der Waals surface area contributed by atoms with Crippen LogP contribution in [-0.2, 0) is 6.54 Å². The van der Waals surface area contributed by atoms with Crippen LogP contribution >= 0.6 is 23.2 Å². The average Bonchev–Trinajstić information content (AvgIpc) is 2.84. The molecule has 2 heterocycles. The van der Waals surface area contributed by atoms with Crippen molar-refractivity contribution in [2.45, 2.75) is 31.5 Å². The van der Waals surface area contributed by atoms with Gasteiger partial charge in [0.25, 0.3) is 0 Å². The van der Waals surface area contributed by atoms with Gasteiger partial charge in [0.05, 0.1) is 39.6 Å². The van der Waals surface area contributed by atoms with Gasteiger partial charge in [-0.05, 0) is 31.5 Å². The number of imidazole rings is 1. The van der Waals surface area contributed by atoms with Gasteiger partial charge < -0.3 is 15.0 Å². The molecular weight excluding hydrogens is 309 g/mol. The normalized spacial score (nSPS) is 23.2. The SMILES string of the molecule is O[C@H]1CCCN[C@@H]1/C=C/Cn1cnc2cc(Cl)c(Cl)cc21. The number of hydrogen-bond donors (Lipinski definition) is 2. The van der Waals surface area contributed by atoms with Crippen molar-refractivity contribution >= 4 is 34.2 Å². The third-order valence-electron chi connectivity index (χ3n) is 3.78. The lowest BCUT2D eigenvalue weighted by Gasteiger charge is -2.26. The molecule has 0 bridgehead atoms. The molecule has 0 aliphatic carbocycles. The first kappa shape index (κ1) is 14.9. The lowest BCUT2D eigenvalue weighted by Crippen LogP contribution is -2.43. The largest absolute Gasteiger partial charge is 0.391 e. The Kier molecular flexibility index (Phi) is 4.50. The summed E-state index contributed by atoms with van der Waals surface area (Å²) in [4.78, 5) is 4.32. The Balaban J connectivity index is 1.74. The first-order valence-corrected chi connectivity index (χ1v) is 7.79. The van der Waals surface area contributed by atoms with E-state index < -0.39 is 0 Å². The summed E-state index contributed by atoms with van der Waals surface area (Å²) in [5, 5.41) is 14.2. The summed E-state index contributed by atoms with van der Waals surface area (Å²) >= 11 is 12.0. The van der Waals surface area contributed by atoms with Crippen molar-refractivity contribution in [3.8, 4) is 0 Å². The average molecular weight is 326 g/mol. The molecule has 3 rings (SSSR count). The minimum atomic E-state index is -0.303. The van der Waals surface area contributed by atoms with Gasteiger partial charge in [-0.3, -0.25) is 0 Å². The predicted molar refractivity (Wildman–Crippen MR) is 85.9 cm³/mol. The highest BCUT2D eigenvalue weighted by Crippen LogP contribution is 2.27. The monoisotopic (exact) mass is 325 g/mol. The van der Waals surface area contributed by atoms with Crippen molar-refractivity contribution in [2.24, 2.45) is 0 Å². The maximum Gasteiger partial charge on any atom is 0.0961 e. The summed E-state index contributed by atoms with van der Waals surface area (Å²) in [6, 6.07) is 3.63. The van der Waals surface area contributed by atoms with Crippen LogP contribution in [0.5, 0.6) is 0 Å². The lowest BCUT2D eigenvalue weighted by molar-refractivity contribution is 0.115. The minimum absolute atomic E-state index is 0.0339. The molecule has 21 heavy (non-hydrogen) atoms. The molecule has 0 spiro atoms. The lowest BCUT2D eigenvalue weighted by atomic mass is 10.0. The molecule has 2 N–H and O–H groups in total. The fourth-order valence-corrected chi connectivity index (χ4v) is 2.93. The molecule has 1 aromatic heterocycles. The van der Waals surface area contributed by atoms with Gasteiger partial charge in [0.2, 0.25) is 0 Å². The van der Waals surface area contributed by atoms with Crippen molar-refractivity contribution in [3.63, 3.8) is 0 Å². The number of halogens is 2. The topological polar surface area (TPSA) is 50.1 Å². The van der Waals surface area contributed by atoms with E-state index in [1.165, 1.54) is 0 Å². The van der Waals surface area contributed by atoms with E-state index in [4.69, 9.17) is 23.2 Å². The van der Waals surface area contributed by atoms with Gasteiger partial charge in [-0.2, -0.15) is 0 Å². The summed E-state index contributed by atoms with van der Waals surface area (Å²) in [6.45, 7) is 1.63. The molecule has 0 saturated carbocycles. The molecule has 2 aromatic rings. The summed E-state index contributed by atoms with van der Waals surface area (Å²) in [6.07, 6.45) is 7.40. The second-order valence-electron chi connectivity index (χ2n) is 5.27. The number of aromatic nitrogens is 2. The molecule has 6 heteroatoms. The number of allylic oxidation sites excluding steroid dienone is 1. The Morgan fingerprint density at radius 3 is 3.00 bits per heavy atom. The van der Waals surface area contributed by atoms with Gasteiger partial charge in [-0.15, -0.1) is 0 Å². The van der Waals surface area contributed by atoms with Gasteiger partial charge in [-0.25, -0.2) is 4.98 Å². The van der Waals surface area contributed by atoms with Crippen molar-refractivity contribution in [2.75, 3.05) is 6.54 Å². The van der Waals surface area contributed by atoms with E-state index in [9.17, 15) is 5.11 Å². The van der Waals surface area contributed by atoms with E-state index in [2.05, 4.69) is 10.3 Å². The molecule has 1 aromatic carbocycles. The van der Waals surface area contributed by atoms with Crippen molar-refractivity contribution in [1.82, 2.24) is 14.9 Å². The molecule has 0 amide bonds. The number of fused-ring (bicyclic) bond motifs is 1. The Morgan fingerprint density at radius 2 is 2.19 bits per heavy atom. The molecule has 1 aliphatic heterocycles. The molecule has 4 nitrogen and oxygen atoms in total. The Bertz CT molecular complexity index is 668. The van der Waals surface area contributed by atoms with Crippen LogP contribution in [0.2, 0.25) is 10.0 Å². The van der Waals surface area contributed by atoms with Crippen LogP contribution < -0.4 is 5.32 Å². The standard InChI is InChI=1S/C15H17Cl2N3O/c16-10-7-13-14(8-11(10)17)20(9-19-13)6-2-3-12-15(21)4-1-5-18-12/h2-3,7-9,12,15,18,21H,1,4-6H2/b3-2+/t12-,15+/m1/s1. The molecule has 112 valence electrons. The van der Waals surface area contributed by atoms with Crippen LogP contribution in [0.15, 0.2) is 30.6 Å². The van der Waals surface area contributed by atoms with E-state index in [-0.39, 0.29) is 12.1 Å².